The van der Waals surface area contributed by atoms with Crippen molar-refractivity contribution in [3.05, 3.63) is 11.1 Å². The lowest BCUT2D eigenvalue weighted by Gasteiger charge is -2.21. The standard InChI is InChI=1S/C18H28O4/c1-11-6-7-13(10-22-12(2)19)16(17(20)21-5)15-9-18(3,4)8-14(11)15/h11,13-14H,6-10H2,1-5H3/t11-,13+,14-/m0/s1. The first-order chi connectivity index (χ1) is 10.2. The second kappa shape index (κ2) is 6.43. The number of hydrogen-bond donors (Lipinski definition) is 0. The van der Waals surface area contributed by atoms with Gasteiger partial charge in [-0.2, -0.15) is 0 Å². The van der Waals surface area contributed by atoms with Gasteiger partial charge in [0.15, 0.2) is 0 Å². The Labute approximate surface area is 133 Å². The molecule has 0 aromatic carbocycles. The number of carbonyl (C=O) groups excluding carboxylic acids is 2. The van der Waals surface area contributed by atoms with Crippen LogP contribution in [-0.2, 0) is 19.1 Å². The number of allylic oxidation sites excluding steroid dienone is 1. The van der Waals surface area contributed by atoms with E-state index in [0.29, 0.717) is 11.8 Å². The molecule has 2 aliphatic carbocycles. The Morgan fingerprint density at radius 2 is 1.95 bits per heavy atom. The molecule has 1 saturated carbocycles. The fraction of sp³-hybridized carbons (Fsp3) is 0.778. The number of methoxy groups -OCH3 is 1. The Bertz CT molecular complexity index is 489. The molecule has 2 aliphatic rings. The maximum Gasteiger partial charge on any atom is 0.334 e. The van der Waals surface area contributed by atoms with Crippen molar-refractivity contribution in [2.45, 2.75) is 53.4 Å². The van der Waals surface area contributed by atoms with Gasteiger partial charge in [-0.05, 0) is 42.9 Å². The van der Waals surface area contributed by atoms with Crippen LogP contribution in [0.4, 0.5) is 0 Å². The van der Waals surface area contributed by atoms with Crippen molar-refractivity contribution in [3.8, 4) is 0 Å². The number of rotatable bonds is 3. The zero-order valence-electron chi connectivity index (χ0n) is 14.4. The Balaban J connectivity index is 2.41. The van der Waals surface area contributed by atoms with Crippen LogP contribution in [0.15, 0.2) is 11.1 Å². The highest BCUT2D eigenvalue weighted by atomic mass is 16.5. The molecule has 1 fully saturated rings. The molecule has 0 aromatic heterocycles. The topological polar surface area (TPSA) is 52.6 Å². The highest BCUT2D eigenvalue weighted by Gasteiger charge is 2.43. The number of carbonyl (C=O) groups is 2. The van der Waals surface area contributed by atoms with Crippen molar-refractivity contribution < 1.29 is 19.1 Å². The molecule has 124 valence electrons. The van der Waals surface area contributed by atoms with Gasteiger partial charge in [0.2, 0.25) is 0 Å². The molecule has 0 radical (unpaired) electrons. The van der Waals surface area contributed by atoms with E-state index in [0.717, 1.165) is 31.3 Å². The van der Waals surface area contributed by atoms with Crippen molar-refractivity contribution in [2.24, 2.45) is 23.2 Å². The predicted molar refractivity (Wildman–Crippen MR) is 84.1 cm³/mol. The van der Waals surface area contributed by atoms with E-state index < -0.39 is 0 Å². The highest BCUT2D eigenvalue weighted by Crippen LogP contribution is 2.52. The molecule has 4 heteroatoms. The molecule has 4 nitrogen and oxygen atoms in total. The maximum atomic E-state index is 12.4. The van der Waals surface area contributed by atoms with Gasteiger partial charge in [-0.3, -0.25) is 4.79 Å². The third-order valence-electron chi connectivity index (χ3n) is 5.19. The van der Waals surface area contributed by atoms with E-state index in [1.54, 1.807) is 0 Å². The van der Waals surface area contributed by atoms with Gasteiger partial charge < -0.3 is 9.47 Å². The van der Waals surface area contributed by atoms with Gasteiger partial charge in [-0.15, -0.1) is 0 Å². The summed E-state index contributed by atoms with van der Waals surface area (Å²) < 4.78 is 10.3. The van der Waals surface area contributed by atoms with Crippen LogP contribution in [-0.4, -0.2) is 25.7 Å². The minimum Gasteiger partial charge on any atom is -0.466 e. The second-order valence-corrected chi connectivity index (χ2v) is 7.64. The van der Waals surface area contributed by atoms with Crippen molar-refractivity contribution in [1.29, 1.82) is 0 Å². The monoisotopic (exact) mass is 308 g/mol. The van der Waals surface area contributed by atoms with Crippen LogP contribution in [0.5, 0.6) is 0 Å². The zero-order valence-corrected chi connectivity index (χ0v) is 14.4. The molecule has 2 rings (SSSR count). The minimum absolute atomic E-state index is 0.0345. The molecule has 22 heavy (non-hydrogen) atoms. The lowest BCUT2D eigenvalue weighted by atomic mass is 9.84. The molecule has 0 unspecified atom stereocenters. The van der Waals surface area contributed by atoms with Gasteiger partial charge in [0.1, 0.15) is 0 Å². The van der Waals surface area contributed by atoms with Crippen LogP contribution in [0.25, 0.3) is 0 Å². The number of esters is 2. The summed E-state index contributed by atoms with van der Waals surface area (Å²) in [5.41, 5.74) is 2.25. The second-order valence-electron chi connectivity index (χ2n) is 7.64. The quantitative estimate of drug-likeness (QED) is 0.749. The minimum atomic E-state index is -0.296. The molecule has 0 heterocycles. The summed E-state index contributed by atoms with van der Waals surface area (Å²) >= 11 is 0. The molecular weight excluding hydrogens is 280 g/mol. The molecule has 0 aromatic rings. The van der Waals surface area contributed by atoms with E-state index >= 15 is 0 Å². The van der Waals surface area contributed by atoms with E-state index in [9.17, 15) is 9.59 Å². The Morgan fingerprint density at radius 3 is 2.55 bits per heavy atom. The average molecular weight is 308 g/mol. The Morgan fingerprint density at radius 1 is 1.27 bits per heavy atom. The van der Waals surface area contributed by atoms with Crippen LogP contribution >= 0.6 is 0 Å². The lowest BCUT2D eigenvalue weighted by molar-refractivity contribution is -0.144. The number of ether oxygens (including phenoxy) is 2. The van der Waals surface area contributed by atoms with Crippen LogP contribution in [0.1, 0.15) is 53.4 Å². The fourth-order valence-electron chi connectivity index (χ4n) is 4.14. The summed E-state index contributed by atoms with van der Waals surface area (Å²) in [5.74, 6) is 0.427. The van der Waals surface area contributed by atoms with Gasteiger partial charge in [0.05, 0.1) is 13.7 Å². The van der Waals surface area contributed by atoms with Crippen molar-refractivity contribution in [3.63, 3.8) is 0 Å². The van der Waals surface area contributed by atoms with Gasteiger partial charge in [-0.25, -0.2) is 4.79 Å². The first kappa shape index (κ1) is 17.0. The molecule has 0 N–H and O–H groups in total. The SMILES string of the molecule is COC(=O)C1=C2CC(C)(C)C[C@H]2[C@@H](C)CC[C@@H]1COC(C)=O. The van der Waals surface area contributed by atoms with E-state index in [4.69, 9.17) is 9.47 Å². The van der Waals surface area contributed by atoms with Gasteiger partial charge in [0, 0.05) is 18.4 Å². The van der Waals surface area contributed by atoms with Gasteiger partial charge >= 0.3 is 11.9 Å². The first-order valence-corrected chi connectivity index (χ1v) is 8.20. The summed E-state index contributed by atoms with van der Waals surface area (Å²) in [7, 11) is 1.43. The highest BCUT2D eigenvalue weighted by molar-refractivity contribution is 5.90. The first-order valence-electron chi connectivity index (χ1n) is 8.20. The smallest absolute Gasteiger partial charge is 0.334 e. The van der Waals surface area contributed by atoms with E-state index in [-0.39, 0.29) is 29.9 Å². The zero-order chi connectivity index (χ0) is 16.5. The number of hydrogen-bond acceptors (Lipinski definition) is 4. The van der Waals surface area contributed by atoms with Gasteiger partial charge in [0.25, 0.3) is 0 Å². The van der Waals surface area contributed by atoms with E-state index in [1.165, 1.54) is 19.6 Å². The fourth-order valence-corrected chi connectivity index (χ4v) is 4.14. The molecule has 3 atom stereocenters. The molecular formula is C18H28O4. The van der Waals surface area contributed by atoms with Gasteiger partial charge in [-0.1, -0.05) is 26.3 Å². The lowest BCUT2D eigenvalue weighted by Crippen LogP contribution is -2.22. The molecule has 0 spiro atoms. The van der Waals surface area contributed by atoms with Crippen LogP contribution in [0, 0.1) is 23.2 Å². The summed E-state index contributed by atoms with van der Waals surface area (Å²) in [5, 5.41) is 0. The maximum absolute atomic E-state index is 12.4. The summed E-state index contributed by atoms with van der Waals surface area (Å²) in [6.45, 7) is 8.48. The number of fused-ring (bicyclic) bond motifs is 1. The summed E-state index contributed by atoms with van der Waals surface area (Å²) in [6, 6.07) is 0. The molecule has 0 bridgehead atoms. The van der Waals surface area contributed by atoms with Crippen LogP contribution in [0.2, 0.25) is 0 Å². The van der Waals surface area contributed by atoms with Crippen molar-refractivity contribution in [2.75, 3.05) is 13.7 Å². The van der Waals surface area contributed by atoms with E-state index in [1.807, 2.05) is 0 Å². The molecule has 0 aliphatic heterocycles. The molecule has 0 saturated heterocycles. The third-order valence-corrected chi connectivity index (χ3v) is 5.19. The van der Waals surface area contributed by atoms with E-state index in [2.05, 4.69) is 20.8 Å². The predicted octanol–water partition coefficient (Wildman–Crippen LogP) is 3.50. The van der Waals surface area contributed by atoms with Crippen LogP contribution in [0.3, 0.4) is 0 Å². The normalized spacial score (nSPS) is 30.5. The largest absolute Gasteiger partial charge is 0.466 e. The Kier molecular flexibility index (Phi) is 4.98. The molecule has 0 amide bonds. The average Bonchev–Trinajstić information content (AvgIpc) is 2.70. The third kappa shape index (κ3) is 3.53. The van der Waals surface area contributed by atoms with Crippen molar-refractivity contribution >= 4 is 11.9 Å². The van der Waals surface area contributed by atoms with Crippen LogP contribution < -0.4 is 0 Å². The van der Waals surface area contributed by atoms with Crippen molar-refractivity contribution in [1.82, 2.24) is 0 Å². The summed E-state index contributed by atoms with van der Waals surface area (Å²) in [4.78, 5) is 23.6. The summed E-state index contributed by atoms with van der Waals surface area (Å²) in [6.07, 6.45) is 3.98. The Hall–Kier alpha value is -1.32.